The van der Waals surface area contributed by atoms with E-state index < -0.39 is 4.92 Å². The minimum Gasteiger partial charge on any atom is -0.490 e. The predicted octanol–water partition coefficient (Wildman–Crippen LogP) is 4.28. The van der Waals surface area contributed by atoms with E-state index in [-0.39, 0.29) is 23.6 Å². The lowest BCUT2D eigenvalue weighted by atomic mass is 9.95. The number of benzene rings is 2. The third-order valence-corrected chi connectivity index (χ3v) is 4.64. The van der Waals surface area contributed by atoms with Crippen LogP contribution in [0.4, 0.5) is 5.69 Å². The molecule has 1 N–H and O–H groups in total. The number of nitrogens with one attached hydrogen (secondary N) is 1. The van der Waals surface area contributed by atoms with Crippen LogP contribution in [0, 0.1) is 16.0 Å². The fourth-order valence-electron chi connectivity index (χ4n) is 3.17. The molecule has 1 aliphatic heterocycles. The van der Waals surface area contributed by atoms with Crippen molar-refractivity contribution in [1.82, 2.24) is 5.32 Å². The largest absolute Gasteiger partial charge is 0.490 e. The summed E-state index contributed by atoms with van der Waals surface area (Å²) in [6.07, 6.45) is 3.60. The summed E-state index contributed by atoms with van der Waals surface area (Å²) in [7, 11) is 0. The summed E-state index contributed by atoms with van der Waals surface area (Å²) >= 11 is 0. The number of carbonyl (C=O) groups is 1. The van der Waals surface area contributed by atoms with Crippen molar-refractivity contribution in [2.24, 2.45) is 5.92 Å². The second-order valence-corrected chi connectivity index (χ2v) is 7.14. The van der Waals surface area contributed by atoms with Crippen LogP contribution >= 0.6 is 0 Å². The molecule has 0 radical (unpaired) electrons. The number of hydrogen-bond acceptors (Lipinski definition) is 5. The average molecular weight is 396 g/mol. The number of hydrogen-bond donors (Lipinski definition) is 1. The summed E-state index contributed by atoms with van der Waals surface area (Å²) in [5.74, 6) is 1.18. The number of nitrogens with zero attached hydrogens (tertiary/aromatic N) is 1. The summed E-state index contributed by atoms with van der Waals surface area (Å²) in [6.45, 7) is 5.24. The normalized spacial score (nSPS) is 14.4. The van der Waals surface area contributed by atoms with E-state index in [9.17, 15) is 14.9 Å². The van der Waals surface area contributed by atoms with Crippen LogP contribution in [0.2, 0.25) is 0 Å². The van der Waals surface area contributed by atoms with Gasteiger partial charge in [-0.3, -0.25) is 14.9 Å². The molecule has 7 heteroatoms. The lowest BCUT2D eigenvalue weighted by molar-refractivity contribution is -0.385. The maximum Gasteiger partial charge on any atom is 0.276 e. The van der Waals surface area contributed by atoms with E-state index in [1.54, 1.807) is 18.2 Å². The molecule has 3 rings (SSSR count). The Bertz CT molecular complexity index is 923. The number of carbonyl (C=O) groups excluding carboxylic acids is 1. The maximum atomic E-state index is 12.5. The first-order valence-corrected chi connectivity index (χ1v) is 9.57. The molecule has 0 saturated heterocycles. The molecular weight excluding hydrogens is 372 g/mol. The van der Waals surface area contributed by atoms with Crippen LogP contribution in [-0.4, -0.2) is 24.0 Å². The van der Waals surface area contributed by atoms with Gasteiger partial charge < -0.3 is 14.8 Å². The lowest BCUT2D eigenvalue weighted by Gasteiger charge is -2.23. The van der Waals surface area contributed by atoms with Gasteiger partial charge in [-0.25, -0.2) is 0 Å². The number of ether oxygens (including phenoxy) is 2. The first-order valence-electron chi connectivity index (χ1n) is 9.57. The molecule has 2 aromatic rings. The molecule has 152 valence electrons. The first-order chi connectivity index (χ1) is 14.0. The number of amides is 1. The van der Waals surface area contributed by atoms with Gasteiger partial charge >= 0.3 is 0 Å². The van der Waals surface area contributed by atoms with E-state index in [4.69, 9.17) is 9.47 Å². The Morgan fingerprint density at radius 3 is 2.59 bits per heavy atom. The summed E-state index contributed by atoms with van der Waals surface area (Å²) in [5, 5.41) is 14.1. The molecule has 0 spiro atoms. The minimum absolute atomic E-state index is 0.0418. The molecule has 1 amide bonds. The van der Waals surface area contributed by atoms with Gasteiger partial charge in [0.1, 0.15) is 0 Å². The van der Waals surface area contributed by atoms with Crippen LogP contribution in [-0.2, 0) is 4.79 Å². The van der Waals surface area contributed by atoms with Crippen molar-refractivity contribution in [3.63, 3.8) is 0 Å². The number of fused-ring (bicyclic) bond motifs is 1. The first kappa shape index (κ1) is 20.4. The van der Waals surface area contributed by atoms with E-state index in [1.807, 2.05) is 32.0 Å². The zero-order valence-electron chi connectivity index (χ0n) is 16.5. The zero-order valence-corrected chi connectivity index (χ0v) is 16.5. The smallest absolute Gasteiger partial charge is 0.276 e. The lowest BCUT2D eigenvalue weighted by Crippen LogP contribution is -2.30. The average Bonchev–Trinajstić information content (AvgIpc) is 2.95. The second-order valence-electron chi connectivity index (χ2n) is 7.14. The van der Waals surface area contributed by atoms with Gasteiger partial charge in [0.2, 0.25) is 5.91 Å². The monoisotopic (exact) mass is 396 g/mol. The molecule has 1 heterocycles. The molecule has 29 heavy (non-hydrogen) atoms. The quantitative estimate of drug-likeness (QED) is 0.447. The second kappa shape index (κ2) is 9.23. The molecule has 0 bridgehead atoms. The van der Waals surface area contributed by atoms with Crippen LogP contribution in [0.25, 0.3) is 6.08 Å². The number of nitro groups is 1. The van der Waals surface area contributed by atoms with Crippen LogP contribution in [0.1, 0.15) is 37.4 Å². The Labute approximate surface area is 169 Å². The molecule has 0 aliphatic carbocycles. The molecule has 0 fully saturated rings. The van der Waals surface area contributed by atoms with E-state index in [0.29, 0.717) is 30.3 Å². The summed E-state index contributed by atoms with van der Waals surface area (Å²) in [5.41, 5.74) is 1.25. The van der Waals surface area contributed by atoms with Crippen LogP contribution in [0.3, 0.4) is 0 Å². The van der Waals surface area contributed by atoms with E-state index in [1.165, 1.54) is 18.2 Å². The Balaban J connectivity index is 1.77. The predicted molar refractivity (Wildman–Crippen MR) is 110 cm³/mol. The summed E-state index contributed by atoms with van der Waals surface area (Å²) < 4.78 is 11.4. The summed E-state index contributed by atoms with van der Waals surface area (Å²) in [4.78, 5) is 23.1. The highest BCUT2D eigenvalue weighted by atomic mass is 16.6. The standard InChI is InChI=1S/C22H24N2O5/c1-15(2)22(17-8-10-19-20(14-17)29-13-5-12-28-19)23-21(25)11-9-16-6-3-4-7-18(16)24(26)27/h3-4,6-11,14-15,22H,5,12-13H2,1-2H3,(H,23,25)/b11-9+/t22-/m0/s1. The van der Waals surface area contributed by atoms with Crippen molar-refractivity contribution in [1.29, 1.82) is 0 Å². The maximum absolute atomic E-state index is 12.5. The van der Waals surface area contributed by atoms with E-state index in [2.05, 4.69) is 5.32 Å². The van der Waals surface area contributed by atoms with Crippen LogP contribution < -0.4 is 14.8 Å². The van der Waals surface area contributed by atoms with Gasteiger partial charge in [0.25, 0.3) is 5.69 Å². The highest BCUT2D eigenvalue weighted by Gasteiger charge is 2.20. The van der Waals surface area contributed by atoms with Crippen molar-refractivity contribution < 1.29 is 19.2 Å². The van der Waals surface area contributed by atoms with Crippen molar-refractivity contribution in [2.45, 2.75) is 26.3 Å². The van der Waals surface area contributed by atoms with Gasteiger partial charge in [-0.15, -0.1) is 0 Å². The van der Waals surface area contributed by atoms with E-state index in [0.717, 1.165) is 12.0 Å². The third-order valence-electron chi connectivity index (χ3n) is 4.64. The highest BCUT2D eigenvalue weighted by Crippen LogP contribution is 2.34. The molecule has 1 aliphatic rings. The SMILES string of the molecule is CC(C)[C@H](NC(=O)/C=C/c1ccccc1[N+](=O)[O-])c1ccc2c(c1)OCCCO2. The van der Waals surface area contributed by atoms with Crippen molar-refractivity contribution in [2.75, 3.05) is 13.2 Å². The van der Waals surface area contributed by atoms with Gasteiger partial charge in [-0.05, 0) is 35.8 Å². The Morgan fingerprint density at radius 1 is 1.14 bits per heavy atom. The fourth-order valence-corrected chi connectivity index (χ4v) is 3.17. The molecule has 7 nitrogen and oxygen atoms in total. The van der Waals surface area contributed by atoms with Crippen molar-refractivity contribution in [3.05, 3.63) is 69.8 Å². The topological polar surface area (TPSA) is 90.7 Å². The van der Waals surface area contributed by atoms with Gasteiger partial charge in [0.05, 0.1) is 29.7 Å². The highest BCUT2D eigenvalue weighted by molar-refractivity contribution is 5.92. The third kappa shape index (κ3) is 5.13. The molecule has 2 aromatic carbocycles. The van der Waals surface area contributed by atoms with E-state index >= 15 is 0 Å². The molecule has 1 atom stereocenters. The molecular formula is C22H24N2O5. The Hall–Kier alpha value is -3.35. The van der Waals surface area contributed by atoms with Crippen molar-refractivity contribution in [3.8, 4) is 11.5 Å². The minimum atomic E-state index is -0.466. The molecule has 0 aromatic heterocycles. The van der Waals surface area contributed by atoms with Crippen molar-refractivity contribution >= 4 is 17.7 Å². The zero-order chi connectivity index (χ0) is 20.8. The Morgan fingerprint density at radius 2 is 1.86 bits per heavy atom. The fraction of sp³-hybridized carbons (Fsp3) is 0.318. The van der Waals surface area contributed by atoms with Crippen LogP contribution in [0.15, 0.2) is 48.5 Å². The number of para-hydroxylation sites is 1. The van der Waals surface area contributed by atoms with Gasteiger partial charge in [0.15, 0.2) is 11.5 Å². The number of nitro benzene ring substituents is 1. The van der Waals surface area contributed by atoms with Crippen LogP contribution in [0.5, 0.6) is 11.5 Å². The molecule has 0 saturated carbocycles. The van der Waals surface area contributed by atoms with Gasteiger partial charge in [-0.1, -0.05) is 32.0 Å². The molecule has 0 unspecified atom stereocenters. The van der Waals surface area contributed by atoms with Gasteiger partial charge in [0, 0.05) is 18.6 Å². The number of rotatable bonds is 6. The van der Waals surface area contributed by atoms with Gasteiger partial charge in [-0.2, -0.15) is 0 Å². The summed E-state index contributed by atoms with van der Waals surface area (Å²) in [6, 6.07) is 11.7. The Kier molecular flexibility index (Phi) is 6.49.